The van der Waals surface area contributed by atoms with Crippen LogP contribution in [-0.2, 0) is 32.5 Å². The first kappa shape index (κ1) is 21.3. The summed E-state index contributed by atoms with van der Waals surface area (Å²) < 4.78 is 33.6. The van der Waals surface area contributed by atoms with E-state index in [4.69, 9.17) is 13.6 Å². The lowest BCUT2D eigenvalue weighted by atomic mass is 9.87. The number of phosphoric ester groups is 1. The third kappa shape index (κ3) is 6.03. The molecule has 0 radical (unpaired) electrons. The summed E-state index contributed by atoms with van der Waals surface area (Å²) in [6, 6.07) is 0. The predicted octanol–water partition coefficient (Wildman–Crippen LogP) is 1.23. The van der Waals surface area contributed by atoms with Crippen LogP contribution in [0.3, 0.4) is 0 Å². The van der Waals surface area contributed by atoms with Crippen molar-refractivity contribution in [1.82, 2.24) is 10.6 Å². The SMILES string of the molecule is COC(=O)CCNC(=O)[C@@H]1O[P@@](=O)(OCC2CCCNC2)OCC1(C)C. The number of hydrogen-bond donors (Lipinski definition) is 2. The van der Waals surface area contributed by atoms with E-state index in [1.165, 1.54) is 7.11 Å². The minimum Gasteiger partial charge on any atom is -0.469 e. The van der Waals surface area contributed by atoms with Crippen molar-refractivity contribution < 1.29 is 32.5 Å². The molecule has 2 aliphatic heterocycles. The van der Waals surface area contributed by atoms with Crippen molar-refractivity contribution in [1.29, 1.82) is 0 Å². The molecule has 9 nitrogen and oxygen atoms in total. The smallest absolute Gasteiger partial charge is 0.469 e. The summed E-state index contributed by atoms with van der Waals surface area (Å²) >= 11 is 0. The lowest BCUT2D eigenvalue weighted by Gasteiger charge is -2.39. The molecule has 150 valence electrons. The fourth-order valence-corrected chi connectivity index (χ4v) is 4.56. The Hall–Kier alpha value is -0.990. The number of carbonyl (C=O) groups excluding carboxylic acids is 2. The third-order valence-electron chi connectivity index (χ3n) is 4.50. The number of ether oxygens (including phenoxy) is 1. The van der Waals surface area contributed by atoms with Gasteiger partial charge in [0.25, 0.3) is 0 Å². The van der Waals surface area contributed by atoms with Crippen LogP contribution in [0.25, 0.3) is 0 Å². The first-order chi connectivity index (χ1) is 12.3. The average Bonchev–Trinajstić information content (AvgIpc) is 2.63. The molecule has 2 saturated heterocycles. The van der Waals surface area contributed by atoms with Crippen LogP contribution in [0.4, 0.5) is 0 Å². The monoisotopic (exact) mass is 392 g/mol. The van der Waals surface area contributed by atoms with Gasteiger partial charge in [-0.1, -0.05) is 13.8 Å². The van der Waals surface area contributed by atoms with Crippen LogP contribution in [0.2, 0.25) is 0 Å². The predicted molar refractivity (Wildman–Crippen MR) is 93.4 cm³/mol. The van der Waals surface area contributed by atoms with Crippen molar-refractivity contribution in [2.24, 2.45) is 11.3 Å². The van der Waals surface area contributed by atoms with Crippen LogP contribution in [0, 0.1) is 11.3 Å². The summed E-state index contributed by atoms with van der Waals surface area (Å²) in [7, 11) is -2.53. The third-order valence-corrected chi connectivity index (χ3v) is 5.88. The van der Waals surface area contributed by atoms with Crippen molar-refractivity contribution in [3.8, 4) is 0 Å². The second-order valence-corrected chi connectivity index (χ2v) is 8.94. The number of methoxy groups -OCH3 is 1. The second kappa shape index (κ2) is 9.28. The molecule has 10 heteroatoms. The van der Waals surface area contributed by atoms with Gasteiger partial charge in [0.05, 0.1) is 26.7 Å². The molecule has 26 heavy (non-hydrogen) atoms. The van der Waals surface area contributed by atoms with Crippen molar-refractivity contribution in [3.63, 3.8) is 0 Å². The number of carbonyl (C=O) groups is 2. The highest BCUT2D eigenvalue weighted by molar-refractivity contribution is 7.48. The van der Waals surface area contributed by atoms with E-state index < -0.39 is 31.2 Å². The first-order valence-electron chi connectivity index (χ1n) is 8.88. The molecule has 2 aliphatic rings. The van der Waals surface area contributed by atoms with Gasteiger partial charge in [-0.2, -0.15) is 0 Å². The van der Waals surface area contributed by atoms with E-state index in [2.05, 4.69) is 15.4 Å². The van der Waals surface area contributed by atoms with Crippen LogP contribution in [0.5, 0.6) is 0 Å². The minimum atomic E-state index is -3.81. The number of amides is 1. The van der Waals surface area contributed by atoms with E-state index >= 15 is 0 Å². The van der Waals surface area contributed by atoms with Crippen LogP contribution in [-0.4, -0.2) is 57.9 Å². The second-order valence-electron chi connectivity index (χ2n) is 7.32. The summed E-state index contributed by atoms with van der Waals surface area (Å²) in [6.45, 7) is 5.77. The standard InChI is InChI=1S/C16H29N2O7P/c1-16(2)11-24-26(21,23-10-12-5-4-7-17-9-12)25-14(16)15(20)18-8-6-13(19)22-3/h12,14,17H,4-11H2,1-3H3,(H,18,20)/t12?,14-,26-/m0/s1. The Kier molecular flexibility index (Phi) is 7.61. The molecule has 2 fully saturated rings. The highest BCUT2D eigenvalue weighted by Gasteiger charge is 2.49. The molecule has 3 atom stereocenters. The fourth-order valence-electron chi connectivity index (χ4n) is 2.84. The number of esters is 1. The first-order valence-corrected chi connectivity index (χ1v) is 10.3. The minimum absolute atomic E-state index is 0.0503. The fraction of sp³-hybridized carbons (Fsp3) is 0.875. The van der Waals surface area contributed by atoms with E-state index in [1.54, 1.807) is 13.8 Å². The molecular formula is C16H29N2O7P. The molecule has 0 spiro atoms. The van der Waals surface area contributed by atoms with E-state index in [1.807, 2.05) is 0 Å². The number of piperidine rings is 1. The molecule has 0 aliphatic carbocycles. The van der Waals surface area contributed by atoms with Gasteiger partial charge in [0.2, 0.25) is 5.91 Å². The number of phosphoric acid groups is 1. The van der Waals surface area contributed by atoms with Gasteiger partial charge in [-0.15, -0.1) is 0 Å². The van der Waals surface area contributed by atoms with Gasteiger partial charge in [0.1, 0.15) is 0 Å². The molecule has 2 heterocycles. The molecule has 1 amide bonds. The topological polar surface area (TPSA) is 112 Å². The lowest BCUT2D eigenvalue weighted by Crippen LogP contribution is -2.50. The molecule has 1 unspecified atom stereocenters. The number of hydrogen-bond acceptors (Lipinski definition) is 8. The Bertz CT molecular complexity index is 549. The lowest BCUT2D eigenvalue weighted by molar-refractivity contribution is -0.143. The van der Waals surface area contributed by atoms with Gasteiger partial charge < -0.3 is 15.4 Å². The van der Waals surface area contributed by atoms with Gasteiger partial charge >= 0.3 is 13.8 Å². The highest BCUT2D eigenvalue weighted by Crippen LogP contribution is 2.57. The van der Waals surface area contributed by atoms with Gasteiger partial charge in [0, 0.05) is 18.5 Å². The maximum atomic E-state index is 12.8. The van der Waals surface area contributed by atoms with Crippen molar-refractivity contribution in [3.05, 3.63) is 0 Å². The van der Waals surface area contributed by atoms with E-state index in [0.717, 1.165) is 25.9 Å². The maximum absolute atomic E-state index is 12.8. The average molecular weight is 392 g/mol. The van der Waals surface area contributed by atoms with Gasteiger partial charge in [-0.05, 0) is 25.3 Å². The zero-order valence-corrected chi connectivity index (χ0v) is 16.5. The van der Waals surface area contributed by atoms with Crippen LogP contribution in [0.1, 0.15) is 33.1 Å². The molecule has 0 aromatic heterocycles. The number of rotatable bonds is 7. The summed E-state index contributed by atoms with van der Waals surface area (Å²) in [5, 5.41) is 5.87. The van der Waals surface area contributed by atoms with Crippen molar-refractivity contribution in [2.45, 2.75) is 39.2 Å². The quantitative estimate of drug-likeness (QED) is 0.492. The molecule has 0 aromatic carbocycles. The molecule has 2 N–H and O–H groups in total. The van der Waals surface area contributed by atoms with Crippen LogP contribution < -0.4 is 10.6 Å². The Morgan fingerprint density at radius 2 is 2.15 bits per heavy atom. The van der Waals surface area contributed by atoms with E-state index in [9.17, 15) is 14.2 Å². The summed E-state index contributed by atoms with van der Waals surface area (Å²) in [4.78, 5) is 23.6. The molecule has 0 saturated carbocycles. The van der Waals surface area contributed by atoms with Gasteiger partial charge in [0.15, 0.2) is 6.10 Å². The largest absolute Gasteiger partial charge is 0.475 e. The van der Waals surface area contributed by atoms with Crippen molar-refractivity contribution in [2.75, 3.05) is 40.0 Å². The van der Waals surface area contributed by atoms with E-state index in [0.29, 0.717) is 0 Å². The van der Waals surface area contributed by atoms with Crippen molar-refractivity contribution >= 4 is 19.7 Å². The Balaban J connectivity index is 1.90. The summed E-state index contributed by atoms with van der Waals surface area (Å²) in [6.07, 6.45) is 1.08. The highest BCUT2D eigenvalue weighted by atomic mass is 31.2. The van der Waals surface area contributed by atoms with Gasteiger partial charge in [-0.3, -0.25) is 23.2 Å². The Labute approximate surface area is 154 Å². The normalized spacial score (nSPS) is 31.2. The number of nitrogens with one attached hydrogen (secondary N) is 2. The molecule has 2 rings (SSSR count). The Morgan fingerprint density at radius 3 is 2.81 bits per heavy atom. The molecule has 0 bridgehead atoms. The summed E-state index contributed by atoms with van der Waals surface area (Å²) in [5.74, 6) is -0.637. The van der Waals surface area contributed by atoms with E-state index in [-0.39, 0.29) is 32.1 Å². The zero-order valence-electron chi connectivity index (χ0n) is 15.6. The molecule has 0 aromatic rings. The molecular weight excluding hydrogens is 363 g/mol. The maximum Gasteiger partial charge on any atom is 0.475 e. The zero-order chi connectivity index (χ0) is 19.2. The van der Waals surface area contributed by atoms with Crippen LogP contribution >= 0.6 is 7.82 Å². The van der Waals surface area contributed by atoms with Crippen LogP contribution in [0.15, 0.2) is 0 Å². The Morgan fingerprint density at radius 1 is 1.38 bits per heavy atom. The summed E-state index contributed by atoms with van der Waals surface area (Å²) in [5.41, 5.74) is -0.682. The van der Waals surface area contributed by atoms with Gasteiger partial charge in [-0.25, -0.2) is 4.57 Å².